The molecule has 94 valence electrons. The molecule has 0 spiro atoms. The molecule has 0 saturated carbocycles. The molecule has 2 heterocycles. The topological polar surface area (TPSA) is 16.1 Å². The lowest BCUT2D eigenvalue weighted by Gasteiger charge is -2.43. The van der Waals surface area contributed by atoms with Crippen molar-refractivity contribution in [3.8, 4) is 0 Å². The molecule has 2 atom stereocenters. The first-order valence-corrected chi connectivity index (χ1v) is 7.85. The van der Waals surface area contributed by atoms with E-state index in [1.54, 1.807) is 11.3 Å². The highest BCUT2D eigenvalue weighted by atomic mass is 35.5. The van der Waals surface area contributed by atoms with Crippen LogP contribution in [0.15, 0.2) is 0 Å². The summed E-state index contributed by atoms with van der Waals surface area (Å²) in [6.45, 7) is 4.82. The molecular formula is C13H19ClN2S. The van der Waals surface area contributed by atoms with Gasteiger partial charge in [0.1, 0.15) is 0 Å². The van der Waals surface area contributed by atoms with E-state index in [1.165, 1.54) is 49.3 Å². The van der Waals surface area contributed by atoms with Gasteiger partial charge in [-0.3, -0.25) is 4.90 Å². The molecule has 3 rings (SSSR count). The molecule has 1 aliphatic heterocycles. The van der Waals surface area contributed by atoms with Crippen LogP contribution in [0.1, 0.15) is 36.8 Å². The van der Waals surface area contributed by atoms with Crippen LogP contribution in [0.3, 0.4) is 0 Å². The van der Waals surface area contributed by atoms with Crippen molar-refractivity contribution in [2.45, 2.75) is 45.1 Å². The Morgan fingerprint density at radius 2 is 2.35 bits per heavy atom. The van der Waals surface area contributed by atoms with Crippen LogP contribution in [0.4, 0.5) is 0 Å². The average Bonchev–Trinajstić information content (AvgIpc) is 2.66. The van der Waals surface area contributed by atoms with Gasteiger partial charge in [0.25, 0.3) is 0 Å². The van der Waals surface area contributed by atoms with Gasteiger partial charge < -0.3 is 0 Å². The van der Waals surface area contributed by atoms with Crippen molar-refractivity contribution < 1.29 is 0 Å². The van der Waals surface area contributed by atoms with E-state index >= 15 is 0 Å². The molecule has 1 aliphatic carbocycles. The van der Waals surface area contributed by atoms with Gasteiger partial charge in [-0.2, -0.15) is 0 Å². The zero-order valence-electron chi connectivity index (χ0n) is 10.3. The summed E-state index contributed by atoms with van der Waals surface area (Å²) in [7, 11) is 0. The largest absolute Gasteiger partial charge is 0.300 e. The van der Waals surface area contributed by atoms with Gasteiger partial charge in [-0.25, -0.2) is 4.98 Å². The number of halogens is 1. The summed E-state index contributed by atoms with van der Waals surface area (Å²) in [5, 5.41) is 0. The highest BCUT2D eigenvalue weighted by Crippen LogP contribution is 2.38. The Bertz CT molecular complexity index is 402. The Kier molecular flexibility index (Phi) is 3.42. The van der Waals surface area contributed by atoms with Crippen LogP contribution in [0.2, 0.25) is 4.47 Å². The summed E-state index contributed by atoms with van der Waals surface area (Å²) in [5.41, 5.74) is 1.29. The highest BCUT2D eigenvalue weighted by Gasteiger charge is 2.36. The van der Waals surface area contributed by atoms with E-state index < -0.39 is 0 Å². The van der Waals surface area contributed by atoms with Gasteiger partial charge in [0.05, 0.1) is 5.69 Å². The van der Waals surface area contributed by atoms with Crippen LogP contribution in [0.25, 0.3) is 0 Å². The first kappa shape index (κ1) is 11.9. The molecule has 17 heavy (non-hydrogen) atoms. The first-order valence-electron chi connectivity index (χ1n) is 6.66. The molecule has 0 aromatic carbocycles. The van der Waals surface area contributed by atoms with Crippen molar-refractivity contribution in [1.29, 1.82) is 0 Å². The second-order valence-corrected chi connectivity index (χ2v) is 6.92. The van der Waals surface area contributed by atoms with E-state index in [0.29, 0.717) is 0 Å². The second-order valence-electron chi connectivity index (χ2n) is 5.25. The Hall–Kier alpha value is -0.120. The van der Waals surface area contributed by atoms with Crippen molar-refractivity contribution in [3.63, 3.8) is 0 Å². The fourth-order valence-electron chi connectivity index (χ4n) is 3.42. The predicted octanol–water partition coefficient (Wildman–Crippen LogP) is 3.39. The molecule has 4 heteroatoms. The number of fused-ring (bicyclic) bond motifs is 2. The van der Waals surface area contributed by atoms with Crippen LogP contribution < -0.4 is 0 Å². The Morgan fingerprint density at radius 3 is 3.18 bits per heavy atom. The molecule has 0 radical (unpaired) electrons. The average molecular weight is 271 g/mol. The number of aromatic nitrogens is 1. The fraction of sp³-hybridized carbons (Fsp3) is 0.769. The lowest BCUT2D eigenvalue weighted by atomic mass is 9.79. The third-order valence-corrected chi connectivity index (χ3v) is 5.37. The third-order valence-electron chi connectivity index (χ3n) is 4.15. The summed E-state index contributed by atoms with van der Waals surface area (Å²) in [5.74, 6) is 0.820. The monoisotopic (exact) mass is 270 g/mol. The van der Waals surface area contributed by atoms with E-state index in [2.05, 4.69) is 16.8 Å². The minimum absolute atomic E-state index is 0.732. The fourth-order valence-corrected chi connectivity index (χ4v) is 4.66. The lowest BCUT2D eigenvalue weighted by molar-refractivity contribution is 0.0857. The minimum atomic E-state index is 0.732. The number of rotatable bonds is 2. The van der Waals surface area contributed by atoms with Gasteiger partial charge in [0, 0.05) is 10.9 Å². The van der Waals surface area contributed by atoms with Gasteiger partial charge >= 0.3 is 0 Å². The summed E-state index contributed by atoms with van der Waals surface area (Å²) in [4.78, 5) is 8.62. The Balaban J connectivity index is 1.83. The quantitative estimate of drug-likeness (QED) is 0.819. The highest BCUT2D eigenvalue weighted by molar-refractivity contribution is 7.15. The predicted molar refractivity (Wildman–Crippen MR) is 72.9 cm³/mol. The number of hydrogen-bond donors (Lipinski definition) is 0. The van der Waals surface area contributed by atoms with Crippen molar-refractivity contribution in [1.82, 2.24) is 9.88 Å². The number of nitrogens with zero attached hydrogens (tertiary/aromatic N) is 2. The van der Waals surface area contributed by atoms with Crippen LogP contribution in [0.5, 0.6) is 0 Å². The van der Waals surface area contributed by atoms with E-state index in [0.717, 1.165) is 22.8 Å². The second kappa shape index (κ2) is 4.87. The number of likely N-dealkylation sites (tertiary alicyclic amines) is 1. The van der Waals surface area contributed by atoms with E-state index in [1.807, 2.05) is 0 Å². The summed E-state index contributed by atoms with van der Waals surface area (Å²) in [6, 6.07) is 0.757. The number of hydrogen-bond acceptors (Lipinski definition) is 3. The van der Waals surface area contributed by atoms with Crippen molar-refractivity contribution in [2.75, 3.05) is 13.1 Å². The molecule has 1 saturated heterocycles. The van der Waals surface area contributed by atoms with E-state index in [-0.39, 0.29) is 0 Å². The summed E-state index contributed by atoms with van der Waals surface area (Å²) < 4.78 is 0.732. The SMILES string of the molecule is CCCN1CCC[C@@H]2Cc3nc(Cl)sc3C[C@H]21. The van der Waals surface area contributed by atoms with Crippen molar-refractivity contribution in [3.05, 3.63) is 15.0 Å². The Labute approximate surface area is 112 Å². The maximum atomic E-state index is 6.04. The lowest BCUT2D eigenvalue weighted by Crippen LogP contribution is -2.49. The zero-order valence-corrected chi connectivity index (χ0v) is 11.9. The Morgan fingerprint density at radius 1 is 1.47 bits per heavy atom. The van der Waals surface area contributed by atoms with Gasteiger partial charge in [0.15, 0.2) is 4.47 Å². The maximum Gasteiger partial charge on any atom is 0.184 e. The molecule has 2 nitrogen and oxygen atoms in total. The zero-order chi connectivity index (χ0) is 11.8. The molecule has 1 aromatic rings. The van der Waals surface area contributed by atoms with Crippen molar-refractivity contribution in [2.24, 2.45) is 5.92 Å². The standard InChI is InChI=1S/C13H19ClN2S/c1-2-5-16-6-3-4-9-7-10-12(8-11(9)16)17-13(14)15-10/h9,11H,2-8H2,1H3/t9-,11-/m1/s1. The van der Waals surface area contributed by atoms with Crippen LogP contribution >= 0.6 is 22.9 Å². The number of piperidine rings is 1. The van der Waals surface area contributed by atoms with Gasteiger partial charge in [-0.05, 0) is 51.1 Å². The van der Waals surface area contributed by atoms with Gasteiger partial charge in [-0.15, -0.1) is 11.3 Å². The molecule has 0 N–H and O–H groups in total. The normalized spacial score (nSPS) is 28.8. The summed E-state index contributed by atoms with van der Waals surface area (Å²) >= 11 is 7.73. The molecule has 0 bridgehead atoms. The summed E-state index contributed by atoms with van der Waals surface area (Å²) in [6.07, 6.45) is 6.33. The first-order chi connectivity index (χ1) is 8.28. The molecule has 1 aromatic heterocycles. The van der Waals surface area contributed by atoms with Crippen molar-refractivity contribution >= 4 is 22.9 Å². The maximum absolute atomic E-state index is 6.04. The third kappa shape index (κ3) is 2.25. The van der Waals surface area contributed by atoms with Gasteiger partial charge in [-0.1, -0.05) is 18.5 Å². The van der Waals surface area contributed by atoms with Crippen LogP contribution in [-0.4, -0.2) is 29.0 Å². The van der Waals surface area contributed by atoms with Crippen LogP contribution in [-0.2, 0) is 12.8 Å². The molecule has 1 fully saturated rings. The molecular weight excluding hydrogens is 252 g/mol. The number of thiazole rings is 1. The smallest absolute Gasteiger partial charge is 0.184 e. The van der Waals surface area contributed by atoms with Crippen LogP contribution in [0, 0.1) is 5.92 Å². The molecule has 2 aliphatic rings. The van der Waals surface area contributed by atoms with E-state index in [9.17, 15) is 0 Å². The molecule has 0 amide bonds. The van der Waals surface area contributed by atoms with Gasteiger partial charge in [0.2, 0.25) is 0 Å². The minimum Gasteiger partial charge on any atom is -0.300 e. The molecule has 0 unspecified atom stereocenters. The van der Waals surface area contributed by atoms with E-state index in [4.69, 9.17) is 11.6 Å².